The van der Waals surface area contributed by atoms with Crippen LogP contribution in [-0.4, -0.2) is 43.2 Å². The summed E-state index contributed by atoms with van der Waals surface area (Å²) in [6, 6.07) is 12.1. The maximum absolute atomic E-state index is 13.4. The molecular weight excluding hydrogens is 281 g/mol. The van der Waals surface area contributed by atoms with Crippen LogP contribution >= 0.6 is 0 Å². The Balaban J connectivity index is 2.11. The van der Waals surface area contributed by atoms with Gasteiger partial charge in [0.15, 0.2) is 0 Å². The van der Waals surface area contributed by atoms with Crippen molar-refractivity contribution in [3.8, 4) is 0 Å². The van der Waals surface area contributed by atoms with Crippen molar-refractivity contribution >= 4 is 20.8 Å². The zero-order chi connectivity index (χ0) is 14.3. The molecule has 0 radical (unpaired) electrons. The summed E-state index contributed by atoms with van der Waals surface area (Å²) in [5.74, 6) is 0. The number of fused-ring (bicyclic) bond motifs is 1. The van der Waals surface area contributed by atoms with Crippen LogP contribution in [0.25, 0.3) is 10.8 Å². The van der Waals surface area contributed by atoms with Crippen molar-refractivity contribution in [3.63, 3.8) is 0 Å². The van der Waals surface area contributed by atoms with Crippen molar-refractivity contribution in [2.24, 2.45) is 0 Å². The minimum atomic E-state index is -3.80. The lowest BCUT2D eigenvalue weighted by Crippen LogP contribution is -2.30. The molecule has 1 aliphatic heterocycles. The molecule has 1 saturated heterocycles. The maximum Gasteiger partial charge on any atom is 0.243 e. The second-order valence-corrected chi connectivity index (χ2v) is 6.79. The van der Waals surface area contributed by atoms with Crippen molar-refractivity contribution in [2.75, 3.05) is 13.1 Å². The minimum Gasteiger partial charge on any atom is -0.389 e. The lowest BCUT2D eigenvalue weighted by Gasteiger charge is -2.16. The molecule has 2 aromatic carbocycles. The molecule has 0 unspecified atom stereocenters. The predicted molar refractivity (Wildman–Crippen MR) is 73.6 cm³/mol. The molecule has 2 atom stereocenters. The van der Waals surface area contributed by atoms with E-state index in [4.69, 9.17) is 0 Å². The SMILES string of the molecule is O=S(=O)(c1cccc2ccccc12)N1C[C@@H](O)[C@H](F)C1. The number of benzene rings is 2. The van der Waals surface area contributed by atoms with Gasteiger partial charge in [-0.2, -0.15) is 4.31 Å². The van der Waals surface area contributed by atoms with Gasteiger partial charge >= 0.3 is 0 Å². The Hall–Kier alpha value is -1.50. The molecule has 0 aromatic heterocycles. The summed E-state index contributed by atoms with van der Waals surface area (Å²) in [5, 5.41) is 10.8. The molecule has 20 heavy (non-hydrogen) atoms. The summed E-state index contributed by atoms with van der Waals surface area (Å²) in [6.07, 6.45) is -2.78. The van der Waals surface area contributed by atoms with Crippen LogP contribution < -0.4 is 0 Å². The molecule has 4 nitrogen and oxygen atoms in total. The molecule has 1 heterocycles. The van der Waals surface area contributed by atoms with E-state index in [0.29, 0.717) is 5.39 Å². The minimum absolute atomic E-state index is 0.150. The lowest BCUT2D eigenvalue weighted by atomic mass is 10.1. The Morgan fingerprint density at radius 3 is 2.50 bits per heavy atom. The van der Waals surface area contributed by atoms with Crippen molar-refractivity contribution in [2.45, 2.75) is 17.2 Å². The third-order valence-corrected chi connectivity index (χ3v) is 5.44. The van der Waals surface area contributed by atoms with Gasteiger partial charge in [0.25, 0.3) is 0 Å². The predicted octanol–water partition coefficient (Wildman–Crippen LogP) is 1.54. The standard InChI is InChI=1S/C14H14FNO3S/c15-12-8-16(9-13(12)17)20(18,19)14-7-3-5-10-4-1-2-6-11(10)14/h1-7,12-13,17H,8-9H2/t12-,13-/m1/s1. The van der Waals surface area contributed by atoms with Crippen LogP contribution in [0.2, 0.25) is 0 Å². The molecule has 106 valence electrons. The molecule has 1 fully saturated rings. The molecule has 0 bridgehead atoms. The van der Waals surface area contributed by atoms with Gasteiger partial charge in [0.1, 0.15) is 12.3 Å². The van der Waals surface area contributed by atoms with Gasteiger partial charge < -0.3 is 5.11 Å². The van der Waals surface area contributed by atoms with Gasteiger partial charge in [-0.15, -0.1) is 0 Å². The maximum atomic E-state index is 13.4. The summed E-state index contributed by atoms with van der Waals surface area (Å²) >= 11 is 0. The van der Waals surface area contributed by atoms with Gasteiger partial charge in [-0.1, -0.05) is 36.4 Å². The zero-order valence-corrected chi connectivity index (χ0v) is 11.4. The normalized spacial score (nSPS) is 24.3. The Morgan fingerprint density at radius 1 is 1.10 bits per heavy atom. The summed E-state index contributed by atoms with van der Waals surface area (Å²) in [5.41, 5.74) is 0. The molecular formula is C14H14FNO3S. The number of β-amino-alcohol motifs (C(OH)–C–C–N with tert-alkyl or cyclic N) is 1. The van der Waals surface area contributed by atoms with Crippen LogP contribution in [0.4, 0.5) is 4.39 Å². The number of hydrogen-bond acceptors (Lipinski definition) is 3. The molecule has 0 saturated carbocycles. The number of halogens is 1. The summed E-state index contributed by atoms with van der Waals surface area (Å²) in [4.78, 5) is 0.150. The smallest absolute Gasteiger partial charge is 0.243 e. The summed E-state index contributed by atoms with van der Waals surface area (Å²) in [7, 11) is -3.80. The third kappa shape index (κ3) is 2.09. The van der Waals surface area contributed by atoms with E-state index in [1.807, 2.05) is 18.2 Å². The second-order valence-electron chi connectivity index (χ2n) is 4.88. The van der Waals surface area contributed by atoms with Crippen molar-refractivity contribution in [1.29, 1.82) is 0 Å². The average molecular weight is 295 g/mol. The summed E-state index contributed by atoms with van der Waals surface area (Å²) in [6.45, 7) is -0.501. The largest absolute Gasteiger partial charge is 0.389 e. The quantitative estimate of drug-likeness (QED) is 0.914. The Morgan fingerprint density at radius 2 is 1.80 bits per heavy atom. The summed E-state index contributed by atoms with van der Waals surface area (Å²) < 4.78 is 39.6. The first kappa shape index (κ1) is 13.5. The molecule has 0 spiro atoms. The zero-order valence-electron chi connectivity index (χ0n) is 10.6. The number of rotatable bonds is 2. The van der Waals surface area contributed by atoms with E-state index in [0.717, 1.165) is 9.69 Å². The van der Waals surface area contributed by atoms with E-state index in [1.54, 1.807) is 18.2 Å². The number of nitrogens with zero attached hydrogens (tertiary/aromatic N) is 1. The topological polar surface area (TPSA) is 57.6 Å². The fourth-order valence-electron chi connectivity index (χ4n) is 2.47. The van der Waals surface area contributed by atoms with E-state index in [9.17, 15) is 17.9 Å². The number of hydrogen-bond donors (Lipinski definition) is 1. The van der Waals surface area contributed by atoms with Crippen LogP contribution in [0, 0.1) is 0 Å². The van der Waals surface area contributed by atoms with Gasteiger partial charge in [-0.25, -0.2) is 12.8 Å². The van der Waals surface area contributed by atoms with Crippen molar-refractivity contribution in [1.82, 2.24) is 4.31 Å². The fourth-order valence-corrected chi connectivity index (χ4v) is 4.15. The first-order valence-corrected chi connectivity index (χ1v) is 7.74. The Labute approximate surface area is 116 Å². The van der Waals surface area contributed by atoms with Crippen LogP contribution in [0.3, 0.4) is 0 Å². The van der Waals surface area contributed by atoms with Crippen LogP contribution in [0.5, 0.6) is 0 Å². The highest BCUT2D eigenvalue weighted by molar-refractivity contribution is 7.89. The van der Waals surface area contributed by atoms with E-state index in [-0.39, 0.29) is 18.0 Å². The monoisotopic (exact) mass is 295 g/mol. The number of aliphatic hydroxyl groups excluding tert-OH is 1. The molecule has 1 aliphatic rings. The second kappa shape index (κ2) is 4.80. The first-order valence-electron chi connectivity index (χ1n) is 6.30. The Kier molecular flexibility index (Phi) is 3.24. The molecule has 0 amide bonds. The van der Waals surface area contributed by atoms with E-state index in [1.165, 1.54) is 6.07 Å². The van der Waals surface area contributed by atoms with E-state index >= 15 is 0 Å². The molecule has 3 rings (SSSR count). The number of aliphatic hydroxyl groups is 1. The van der Waals surface area contributed by atoms with Crippen LogP contribution in [-0.2, 0) is 10.0 Å². The highest BCUT2D eigenvalue weighted by Crippen LogP contribution is 2.28. The highest BCUT2D eigenvalue weighted by Gasteiger charge is 2.39. The molecule has 2 aromatic rings. The van der Waals surface area contributed by atoms with E-state index in [2.05, 4.69) is 0 Å². The van der Waals surface area contributed by atoms with Gasteiger partial charge in [-0.05, 0) is 11.5 Å². The fraction of sp³-hybridized carbons (Fsp3) is 0.286. The highest BCUT2D eigenvalue weighted by atomic mass is 32.2. The van der Waals surface area contributed by atoms with Crippen molar-refractivity contribution < 1.29 is 17.9 Å². The molecule has 6 heteroatoms. The van der Waals surface area contributed by atoms with Crippen molar-refractivity contribution in [3.05, 3.63) is 42.5 Å². The van der Waals surface area contributed by atoms with E-state index < -0.39 is 22.3 Å². The third-order valence-electron chi connectivity index (χ3n) is 3.55. The van der Waals surface area contributed by atoms with Gasteiger partial charge in [0, 0.05) is 18.5 Å². The van der Waals surface area contributed by atoms with Gasteiger partial charge in [0.05, 0.1) is 4.90 Å². The molecule has 1 N–H and O–H groups in total. The number of sulfonamides is 1. The first-order chi connectivity index (χ1) is 9.50. The number of alkyl halides is 1. The molecule has 0 aliphatic carbocycles. The lowest BCUT2D eigenvalue weighted by molar-refractivity contribution is 0.117. The average Bonchev–Trinajstić information content (AvgIpc) is 2.79. The Bertz CT molecular complexity index is 732. The van der Waals surface area contributed by atoms with Gasteiger partial charge in [0.2, 0.25) is 10.0 Å². The van der Waals surface area contributed by atoms with Crippen LogP contribution in [0.1, 0.15) is 0 Å². The van der Waals surface area contributed by atoms with Crippen LogP contribution in [0.15, 0.2) is 47.4 Å². The van der Waals surface area contributed by atoms with Gasteiger partial charge in [-0.3, -0.25) is 0 Å².